The van der Waals surface area contributed by atoms with Crippen LogP contribution in [0.3, 0.4) is 0 Å². The molecular formula is C25H24N2O5. The van der Waals surface area contributed by atoms with Gasteiger partial charge < -0.3 is 13.9 Å². The number of carbonyl (C=O) groups is 1. The van der Waals surface area contributed by atoms with Gasteiger partial charge in [-0.3, -0.25) is 4.79 Å². The predicted octanol–water partition coefficient (Wildman–Crippen LogP) is 4.59. The first kappa shape index (κ1) is 21.4. The molecule has 0 spiro atoms. The molecule has 0 N–H and O–H groups in total. The zero-order valence-corrected chi connectivity index (χ0v) is 18.4. The van der Waals surface area contributed by atoms with Crippen molar-refractivity contribution in [2.45, 2.75) is 33.8 Å². The maximum atomic E-state index is 13.4. The largest absolute Gasteiger partial charge is 0.479 e. The fraction of sp³-hybridized carbons (Fsp3) is 0.240. The molecule has 2 heterocycles. The molecule has 2 aromatic carbocycles. The third kappa shape index (κ3) is 4.01. The van der Waals surface area contributed by atoms with Gasteiger partial charge in [-0.25, -0.2) is 9.48 Å². The van der Waals surface area contributed by atoms with Gasteiger partial charge in [0.15, 0.2) is 6.10 Å². The van der Waals surface area contributed by atoms with E-state index in [4.69, 9.17) is 13.9 Å². The van der Waals surface area contributed by atoms with Crippen LogP contribution in [0, 0.1) is 13.8 Å². The second-order valence-electron chi connectivity index (χ2n) is 7.50. The van der Waals surface area contributed by atoms with Crippen molar-refractivity contribution >= 4 is 16.9 Å². The Kier molecular flexibility index (Phi) is 5.81. The van der Waals surface area contributed by atoms with Gasteiger partial charge in [0, 0.05) is 17.8 Å². The van der Waals surface area contributed by atoms with Crippen LogP contribution < -0.4 is 10.2 Å². The highest BCUT2D eigenvalue weighted by Gasteiger charge is 2.20. The molecule has 0 aliphatic carbocycles. The zero-order valence-electron chi connectivity index (χ0n) is 18.4. The number of fused-ring (bicyclic) bond motifs is 1. The maximum Gasteiger partial charge on any atom is 0.347 e. The first-order valence-corrected chi connectivity index (χ1v) is 10.4. The van der Waals surface area contributed by atoms with Crippen molar-refractivity contribution in [2.24, 2.45) is 0 Å². The standard InChI is InChI=1S/C25H24N2O5/c1-5-30-25(29)17(4)31-20-11-15(2)22-21(12-20)32-16(3)23(24(22)28)18-13-26-27(14-18)19-9-7-6-8-10-19/h6-14,17H,5H2,1-4H3/t17-/m1/s1. The summed E-state index contributed by atoms with van der Waals surface area (Å²) in [7, 11) is 0. The van der Waals surface area contributed by atoms with E-state index in [9.17, 15) is 9.59 Å². The van der Waals surface area contributed by atoms with Gasteiger partial charge in [-0.1, -0.05) is 18.2 Å². The number of benzene rings is 2. The van der Waals surface area contributed by atoms with Crippen molar-refractivity contribution < 1.29 is 18.7 Å². The molecule has 4 rings (SSSR count). The van der Waals surface area contributed by atoms with E-state index in [-0.39, 0.29) is 12.0 Å². The van der Waals surface area contributed by atoms with E-state index < -0.39 is 12.1 Å². The van der Waals surface area contributed by atoms with Crippen molar-refractivity contribution in [3.05, 3.63) is 76.4 Å². The lowest BCUT2D eigenvalue weighted by Crippen LogP contribution is -2.26. The average molecular weight is 432 g/mol. The average Bonchev–Trinajstić information content (AvgIpc) is 3.23. The van der Waals surface area contributed by atoms with Crippen LogP contribution in [0.5, 0.6) is 5.75 Å². The summed E-state index contributed by atoms with van der Waals surface area (Å²) in [4.78, 5) is 25.3. The van der Waals surface area contributed by atoms with Crippen molar-refractivity contribution in [3.63, 3.8) is 0 Å². The number of carbonyl (C=O) groups excluding carboxylic acids is 1. The Labute approximate surface area is 185 Å². The highest BCUT2D eigenvalue weighted by molar-refractivity contribution is 5.86. The van der Waals surface area contributed by atoms with Crippen LogP contribution in [-0.4, -0.2) is 28.5 Å². The lowest BCUT2D eigenvalue weighted by atomic mass is 10.0. The van der Waals surface area contributed by atoms with Crippen LogP contribution in [-0.2, 0) is 9.53 Å². The van der Waals surface area contributed by atoms with Crippen molar-refractivity contribution in [1.29, 1.82) is 0 Å². The zero-order chi connectivity index (χ0) is 22.8. The number of nitrogens with zero attached hydrogens (tertiary/aromatic N) is 2. The molecule has 0 amide bonds. The molecule has 7 nitrogen and oxygen atoms in total. The first-order chi connectivity index (χ1) is 15.4. The summed E-state index contributed by atoms with van der Waals surface area (Å²) in [6.45, 7) is 7.20. The van der Waals surface area contributed by atoms with Gasteiger partial charge in [0.05, 0.1) is 29.4 Å². The molecule has 0 aliphatic rings. The molecular weight excluding hydrogens is 408 g/mol. The Morgan fingerprint density at radius 2 is 1.94 bits per heavy atom. The van der Waals surface area contributed by atoms with Gasteiger partial charge in [0.1, 0.15) is 17.1 Å². The van der Waals surface area contributed by atoms with Gasteiger partial charge in [-0.15, -0.1) is 0 Å². The SMILES string of the molecule is CCOC(=O)[C@@H](C)Oc1cc(C)c2c(=O)c(-c3cnn(-c4ccccc4)c3)c(C)oc2c1. The minimum Gasteiger partial charge on any atom is -0.479 e. The fourth-order valence-corrected chi connectivity index (χ4v) is 3.68. The van der Waals surface area contributed by atoms with E-state index >= 15 is 0 Å². The number of hydrogen-bond donors (Lipinski definition) is 0. The molecule has 0 bridgehead atoms. The Morgan fingerprint density at radius 3 is 2.66 bits per heavy atom. The minimum absolute atomic E-state index is 0.140. The minimum atomic E-state index is -0.775. The number of hydrogen-bond acceptors (Lipinski definition) is 6. The molecule has 0 aliphatic heterocycles. The third-order valence-electron chi connectivity index (χ3n) is 5.17. The fourth-order valence-electron chi connectivity index (χ4n) is 3.68. The summed E-state index contributed by atoms with van der Waals surface area (Å²) in [5.74, 6) is 0.460. The number of esters is 1. The summed E-state index contributed by atoms with van der Waals surface area (Å²) in [5, 5.41) is 4.87. The van der Waals surface area contributed by atoms with Crippen molar-refractivity contribution in [1.82, 2.24) is 9.78 Å². The number of aryl methyl sites for hydroxylation is 2. The molecule has 0 fully saturated rings. The van der Waals surface area contributed by atoms with E-state index in [2.05, 4.69) is 5.10 Å². The molecule has 2 aromatic heterocycles. The number of rotatable bonds is 6. The monoisotopic (exact) mass is 432 g/mol. The maximum absolute atomic E-state index is 13.4. The molecule has 0 saturated carbocycles. The molecule has 1 atom stereocenters. The summed E-state index contributed by atoms with van der Waals surface area (Å²) < 4.78 is 18.4. The quantitative estimate of drug-likeness (QED) is 0.414. The molecule has 32 heavy (non-hydrogen) atoms. The van der Waals surface area contributed by atoms with Crippen LogP contribution in [0.25, 0.3) is 27.8 Å². The lowest BCUT2D eigenvalue weighted by Gasteiger charge is -2.15. The number of para-hydroxylation sites is 1. The van der Waals surface area contributed by atoms with Crippen molar-refractivity contribution in [3.8, 4) is 22.6 Å². The predicted molar refractivity (Wildman–Crippen MR) is 121 cm³/mol. The summed E-state index contributed by atoms with van der Waals surface area (Å²) in [5.41, 5.74) is 3.00. The summed E-state index contributed by atoms with van der Waals surface area (Å²) >= 11 is 0. The van der Waals surface area contributed by atoms with Crippen LogP contribution in [0.2, 0.25) is 0 Å². The van der Waals surface area contributed by atoms with Crippen LogP contribution in [0.1, 0.15) is 25.2 Å². The Hall–Kier alpha value is -3.87. The molecule has 4 aromatic rings. The topological polar surface area (TPSA) is 83.6 Å². The van der Waals surface area contributed by atoms with E-state index in [1.807, 2.05) is 43.5 Å². The summed E-state index contributed by atoms with van der Waals surface area (Å²) in [6.07, 6.45) is 2.70. The van der Waals surface area contributed by atoms with E-state index in [0.29, 0.717) is 39.2 Å². The van der Waals surface area contributed by atoms with Gasteiger partial charge >= 0.3 is 5.97 Å². The van der Waals surface area contributed by atoms with Gasteiger partial charge in [-0.05, 0) is 51.5 Å². The first-order valence-electron chi connectivity index (χ1n) is 10.4. The Balaban J connectivity index is 1.74. The van der Waals surface area contributed by atoms with Gasteiger partial charge in [0.2, 0.25) is 5.43 Å². The molecule has 7 heteroatoms. The van der Waals surface area contributed by atoms with E-state index in [0.717, 1.165) is 5.69 Å². The molecule has 164 valence electrons. The highest BCUT2D eigenvalue weighted by Crippen LogP contribution is 2.29. The summed E-state index contributed by atoms with van der Waals surface area (Å²) in [6, 6.07) is 13.0. The molecule has 0 unspecified atom stereocenters. The second-order valence-corrected chi connectivity index (χ2v) is 7.50. The Bertz CT molecular complexity index is 1340. The van der Waals surface area contributed by atoms with E-state index in [1.165, 1.54) is 0 Å². The van der Waals surface area contributed by atoms with Crippen LogP contribution >= 0.6 is 0 Å². The van der Waals surface area contributed by atoms with Crippen molar-refractivity contribution in [2.75, 3.05) is 6.61 Å². The second kappa shape index (κ2) is 8.70. The third-order valence-corrected chi connectivity index (χ3v) is 5.17. The van der Waals surface area contributed by atoms with Gasteiger partial charge in [0.25, 0.3) is 0 Å². The van der Waals surface area contributed by atoms with Crippen LogP contribution in [0.15, 0.2) is 64.1 Å². The normalized spacial score (nSPS) is 12.0. The highest BCUT2D eigenvalue weighted by atomic mass is 16.6. The van der Waals surface area contributed by atoms with Gasteiger partial charge in [-0.2, -0.15) is 5.10 Å². The lowest BCUT2D eigenvalue weighted by molar-refractivity contribution is -0.150. The Morgan fingerprint density at radius 1 is 1.19 bits per heavy atom. The number of aromatic nitrogens is 2. The number of ether oxygens (including phenoxy) is 2. The molecule has 0 radical (unpaired) electrons. The molecule has 0 saturated heterocycles. The van der Waals surface area contributed by atoms with E-state index in [1.54, 1.807) is 43.8 Å². The smallest absolute Gasteiger partial charge is 0.347 e. The van der Waals surface area contributed by atoms with Crippen LogP contribution in [0.4, 0.5) is 0 Å².